The largest absolute Gasteiger partial charge is 0.388 e. The van der Waals surface area contributed by atoms with Crippen molar-refractivity contribution in [2.24, 2.45) is 7.05 Å². The van der Waals surface area contributed by atoms with Crippen LogP contribution in [0.25, 0.3) is 11.0 Å². The maximum absolute atomic E-state index is 9.22. The van der Waals surface area contributed by atoms with E-state index in [9.17, 15) is 5.11 Å². The Hall–Kier alpha value is -2.18. The van der Waals surface area contributed by atoms with E-state index in [1.54, 1.807) is 12.3 Å². The number of imidazole rings is 1. The van der Waals surface area contributed by atoms with Gasteiger partial charge in [-0.25, -0.2) is 15.0 Å². The highest BCUT2D eigenvalue weighted by atomic mass is 35.5. The second-order valence-electron chi connectivity index (χ2n) is 4.28. The zero-order valence-electron chi connectivity index (χ0n) is 10.7. The highest BCUT2D eigenvalue weighted by Gasteiger charge is 2.07. The molecule has 0 spiro atoms. The van der Waals surface area contributed by atoms with Crippen molar-refractivity contribution in [3.8, 4) is 0 Å². The van der Waals surface area contributed by atoms with Crippen molar-refractivity contribution in [2.75, 3.05) is 5.32 Å². The van der Waals surface area contributed by atoms with Crippen LogP contribution in [0, 0.1) is 0 Å². The van der Waals surface area contributed by atoms with E-state index < -0.39 is 0 Å². The molecule has 0 aliphatic carbocycles. The monoisotopic (exact) mass is 289 g/mol. The summed E-state index contributed by atoms with van der Waals surface area (Å²) in [6.45, 7) is -0.0878. The van der Waals surface area contributed by atoms with Crippen molar-refractivity contribution in [1.29, 1.82) is 0 Å². The topological polar surface area (TPSA) is 75.9 Å². The molecular formula is C13H12ClN5O. The van der Waals surface area contributed by atoms with E-state index >= 15 is 0 Å². The average Bonchev–Trinajstić information content (AvgIpc) is 2.75. The van der Waals surface area contributed by atoms with Gasteiger partial charge in [0.25, 0.3) is 0 Å². The average molecular weight is 290 g/mol. The van der Waals surface area contributed by atoms with Crippen molar-refractivity contribution >= 4 is 34.1 Å². The van der Waals surface area contributed by atoms with Crippen LogP contribution >= 0.6 is 11.6 Å². The smallest absolute Gasteiger partial charge is 0.224 e. The van der Waals surface area contributed by atoms with Crippen LogP contribution in [0.2, 0.25) is 5.28 Å². The van der Waals surface area contributed by atoms with Crippen LogP contribution in [0.15, 0.2) is 30.5 Å². The first kappa shape index (κ1) is 12.8. The van der Waals surface area contributed by atoms with E-state index in [2.05, 4.69) is 20.3 Å². The summed E-state index contributed by atoms with van der Waals surface area (Å²) in [6.07, 6.45) is 1.58. The summed E-state index contributed by atoms with van der Waals surface area (Å²) in [4.78, 5) is 12.3. The lowest BCUT2D eigenvalue weighted by Gasteiger charge is -2.05. The number of fused-ring (bicyclic) bond motifs is 1. The fourth-order valence-electron chi connectivity index (χ4n) is 2.02. The van der Waals surface area contributed by atoms with Gasteiger partial charge in [-0.15, -0.1) is 0 Å². The number of aryl methyl sites for hydroxylation is 1. The van der Waals surface area contributed by atoms with Crippen LogP contribution in [-0.4, -0.2) is 24.6 Å². The van der Waals surface area contributed by atoms with Crippen LogP contribution in [0.4, 0.5) is 11.5 Å². The Labute approximate surface area is 120 Å². The SMILES string of the molecule is Cn1c(CO)nc2cc(Nc3ccnc(Cl)n3)ccc21. The van der Waals surface area contributed by atoms with Crippen molar-refractivity contribution in [2.45, 2.75) is 6.61 Å². The number of nitrogens with one attached hydrogen (secondary N) is 1. The van der Waals surface area contributed by atoms with Gasteiger partial charge in [0.1, 0.15) is 18.2 Å². The van der Waals surface area contributed by atoms with E-state index in [4.69, 9.17) is 11.6 Å². The molecule has 3 aromatic rings. The minimum Gasteiger partial charge on any atom is -0.388 e. The number of aromatic nitrogens is 4. The van der Waals surface area contributed by atoms with Crippen molar-refractivity contribution in [1.82, 2.24) is 19.5 Å². The van der Waals surface area contributed by atoms with Gasteiger partial charge in [0.05, 0.1) is 11.0 Å². The molecule has 102 valence electrons. The number of nitrogens with zero attached hydrogens (tertiary/aromatic N) is 4. The molecular weight excluding hydrogens is 278 g/mol. The molecule has 20 heavy (non-hydrogen) atoms. The highest BCUT2D eigenvalue weighted by molar-refractivity contribution is 6.28. The summed E-state index contributed by atoms with van der Waals surface area (Å²) >= 11 is 5.74. The summed E-state index contributed by atoms with van der Waals surface area (Å²) in [6, 6.07) is 7.48. The lowest BCUT2D eigenvalue weighted by Crippen LogP contribution is -1.96. The molecule has 0 atom stereocenters. The first-order chi connectivity index (χ1) is 9.67. The molecule has 2 aromatic heterocycles. The van der Waals surface area contributed by atoms with Crippen molar-refractivity contribution in [3.05, 3.63) is 41.6 Å². The van der Waals surface area contributed by atoms with E-state index in [0.717, 1.165) is 16.7 Å². The molecule has 0 aliphatic rings. The molecule has 0 fully saturated rings. The van der Waals surface area contributed by atoms with Gasteiger partial charge in [-0.05, 0) is 35.9 Å². The third-order valence-electron chi connectivity index (χ3n) is 3.01. The predicted octanol–water partition coefficient (Wildman–Crippen LogP) is 2.25. The molecule has 7 heteroatoms. The minimum atomic E-state index is -0.0878. The number of halogens is 1. The standard InChI is InChI=1S/C13H12ClN5O/c1-19-10-3-2-8(6-9(10)17-12(19)7-20)16-11-4-5-15-13(14)18-11/h2-6,20H,7H2,1H3,(H,15,16,18). The predicted molar refractivity (Wildman–Crippen MR) is 77.0 cm³/mol. The molecule has 0 radical (unpaired) electrons. The Balaban J connectivity index is 1.97. The van der Waals surface area contributed by atoms with Crippen molar-refractivity contribution in [3.63, 3.8) is 0 Å². The molecule has 2 heterocycles. The Morgan fingerprint density at radius 3 is 2.90 bits per heavy atom. The fourth-order valence-corrected chi connectivity index (χ4v) is 2.17. The number of aliphatic hydroxyl groups excluding tert-OH is 1. The molecule has 3 rings (SSSR count). The molecule has 0 bridgehead atoms. The summed E-state index contributed by atoms with van der Waals surface area (Å²) in [7, 11) is 1.87. The van der Waals surface area contributed by atoms with E-state index in [-0.39, 0.29) is 11.9 Å². The number of anilines is 2. The van der Waals surface area contributed by atoms with Crippen LogP contribution < -0.4 is 5.32 Å². The zero-order chi connectivity index (χ0) is 14.1. The highest BCUT2D eigenvalue weighted by Crippen LogP contribution is 2.22. The maximum atomic E-state index is 9.22. The number of benzene rings is 1. The molecule has 6 nitrogen and oxygen atoms in total. The van der Waals surface area contributed by atoms with Gasteiger partial charge < -0.3 is 15.0 Å². The maximum Gasteiger partial charge on any atom is 0.224 e. The second-order valence-corrected chi connectivity index (χ2v) is 4.62. The summed E-state index contributed by atoms with van der Waals surface area (Å²) < 4.78 is 1.86. The van der Waals surface area contributed by atoms with Gasteiger partial charge in [-0.1, -0.05) is 0 Å². The van der Waals surface area contributed by atoms with E-state index in [1.807, 2.05) is 29.8 Å². The Kier molecular flexibility index (Phi) is 3.25. The van der Waals surface area contributed by atoms with Gasteiger partial charge in [-0.3, -0.25) is 0 Å². The van der Waals surface area contributed by atoms with Gasteiger partial charge >= 0.3 is 0 Å². The third-order valence-corrected chi connectivity index (χ3v) is 3.20. The summed E-state index contributed by atoms with van der Waals surface area (Å²) in [5.41, 5.74) is 2.61. The second kappa shape index (κ2) is 5.07. The lowest BCUT2D eigenvalue weighted by molar-refractivity contribution is 0.268. The molecule has 2 N–H and O–H groups in total. The first-order valence-corrected chi connectivity index (χ1v) is 6.37. The quantitative estimate of drug-likeness (QED) is 0.723. The molecule has 0 saturated heterocycles. The Bertz CT molecular complexity index is 771. The number of hydrogen-bond donors (Lipinski definition) is 2. The van der Waals surface area contributed by atoms with Crippen molar-refractivity contribution < 1.29 is 5.11 Å². The lowest BCUT2D eigenvalue weighted by atomic mass is 10.2. The Morgan fingerprint density at radius 1 is 1.30 bits per heavy atom. The molecule has 0 aliphatic heterocycles. The molecule has 1 aromatic carbocycles. The minimum absolute atomic E-state index is 0.0878. The Morgan fingerprint density at radius 2 is 2.15 bits per heavy atom. The fraction of sp³-hybridized carbons (Fsp3) is 0.154. The summed E-state index contributed by atoms with van der Waals surface area (Å²) in [5, 5.41) is 12.6. The zero-order valence-corrected chi connectivity index (χ0v) is 11.5. The van der Waals surface area contributed by atoms with Crippen LogP contribution in [0.1, 0.15) is 5.82 Å². The van der Waals surface area contributed by atoms with Crippen LogP contribution in [0.3, 0.4) is 0 Å². The van der Waals surface area contributed by atoms with E-state index in [1.165, 1.54) is 0 Å². The number of aliphatic hydroxyl groups is 1. The van der Waals surface area contributed by atoms with Crippen LogP contribution in [-0.2, 0) is 13.7 Å². The molecule has 0 amide bonds. The normalized spacial score (nSPS) is 10.9. The molecule has 0 unspecified atom stereocenters. The van der Waals surface area contributed by atoms with Crippen LogP contribution in [0.5, 0.6) is 0 Å². The van der Waals surface area contributed by atoms with Gasteiger partial charge in [-0.2, -0.15) is 0 Å². The third kappa shape index (κ3) is 2.31. The number of rotatable bonds is 3. The van der Waals surface area contributed by atoms with Gasteiger partial charge in [0, 0.05) is 18.9 Å². The number of hydrogen-bond acceptors (Lipinski definition) is 5. The van der Waals surface area contributed by atoms with Gasteiger partial charge in [0.15, 0.2) is 0 Å². The first-order valence-electron chi connectivity index (χ1n) is 5.99. The molecule has 0 saturated carbocycles. The van der Waals surface area contributed by atoms with E-state index in [0.29, 0.717) is 11.6 Å². The van der Waals surface area contributed by atoms with Gasteiger partial charge in [0.2, 0.25) is 5.28 Å². The summed E-state index contributed by atoms with van der Waals surface area (Å²) in [5.74, 6) is 1.24.